The van der Waals surface area contributed by atoms with Crippen molar-refractivity contribution >= 4 is 17.8 Å². The first-order valence-electron chi connectivity index (χ1n) is 7.16. The molecule has 1 saturated heterocycles. The van der Waals surface area contributed by atoms with Crippen LogP contribution in [0.1, 0.15) is 39.5 Å². The molecule has 2 unspecified atom stereocenters. The van der Waals surface area contributed by atoms with E-state index in [-0.39, 0.29) is 36.5 Å². The topological polar surface area (TPSA) is 95.5 Å². The minimum absolute atomic E-state index is 0.0772. The fraction of sp³-hybridized carbons (Fsp3) is 0.786. The number of nitrogens with one attached hydrogen (secondary N) is 2. The molecule has 6 heteroatoms. The SMILES string of the molecule is CC(C)C(CCNC(=O)C1CNC(=O)C1)CCC(=O)O. The van der Waals surface area contributed by atoms with Gasteiger partial charge in [-0.25, -0.2) is 0 Å². The second-order valence-corrected chi connectivity index (χ2v) is 5.72. The number of carboxylic acids is 1. The van der Waals surface area contributed by atoms with Gasteiger partial charge in [0.25, 0.3) is 0 Å². The van der Waals surface area contributed by atoms with Gasteiger partial charge in [-0.3, -0.25) is 14.4 Å². The van der Waals surface area contributed by atoms with Gasteiger partial charge in [0.2, 0.25) is 11.8 Å². The lowest BCUT2D eigenvalue weighted by Crippen LogP contribution is -2.33. The van der Waals surface area contributed by atoms with Crippen molar-refractivity contribution in [3.63, 3.8) is 0 Å². The summed E-state index contributed by atoms with van der Waals surface area (Å²) in [5.74, 6) is -0.541. The van der Waals surface area contributed by atoms with Gasteiger partial charge in [-0.15, -0.1) is 0 Å². The molecule has 2 amide bonds. The number of hydrogen-bond acceptors (Lipinski definition) is 3. The smallest absolute Gasteiger partial charge is 0.303 e. The maximum Gasteiger partial charge on any atom is 0.303 e. The van der Waals surface area contributed by atoms with E-state index < -0.39 is 5.97 Å². The number of hydrogen-bond donors (Lipinski definition) is 3. The molecule has 0 aliphatic carbocycles. The minimum Gasteiger partial charge on any atom is -0.481 e. The maximum absolute atomic E-state index is 11.8. The molecule has 1 rings (SSSR count). The molecule has 0 aromatic heterocycles. The molecule has 114 valence electrons. The fourth-order valence-electron chi connectivity index (χ4n) is 2.44. The van der Waals surface area contributed by atoms with Crippen molar-refractivity contribution in [1.29, 1.82) is 0 Å². The molecule has 0 aromatic rings. The summed E-state index contributed by atoms with van der Waals surface area (Å²) in [6.45, 7) is 5.07. The lowest BCUT2D eigenvalue weighted by molar-refractivity contribution is -0.137. The lowest BCUT2D eigenvalue weighted by atomic mass is 9.88. The Hall–Kier alpha value is -1.59. The quantitative estimate of drug-likeness (QED) is 0.613. The summed E-state index contributed by atoms with van der Waals surface area (Å²) >= 11 is 0. The summed E-state index contributed by atoms with van der Waals surface area (Å²) in [5.41, 5.74) is 0. The number of carbonyl (C=O) groups is 3. The van der Waals surface area contributed by atoms with Crippen molar-refractivity contribution in [1.82, 2.24) is 10.6 Å². The van der Waals surface area contributed by atoms with Crippen LogP contribution < -0.4 is 10.6 Å². The molecule has 0 saturated carbocycles. The first-order valence-corrected chi connectivity index (χ1v) is 7.16. The molecule has 0 spiro atoms. The van der Waals surface area contributed by atoms with Gasteiger partial charge in [-0.2, -0.15) is 0 Å². The van der Waals surface area contributed by atoms with Gasteiger partial charge in [0.15, 0.2) is 0 Å². The summed E-state index contributed by atoms with van der Waals surface area (Å²) in [7, 11) is 0. The standard InChI is InChI=1S/C14H24N2O4/c1-9(2)10(3-4-13(18)19)5-6-15-14(20)11-7-12(17)16-8-11/h9-11H,3-8H2,1-2H3,(H,15,20)(H,16,17)(H,18,19). The zero-order chi connectivity index (χ0) is 15.1. The number of carboxylic acid groups (broad SMARTS) is 1. The summed E-state index contributed by atoms with van der Waals surface area (Å²) in [6.07, 6.45) is 1.83. The van der Waals surface area contributed by atoms with Crippen LogP contribution >= 0.6 is 0 Å². The third-order valence-corrected chi connectivity index (χ3v) is 3.83. The molecule has 3 N–H and O–H groups in total. The molecule has 0 bridgehead atoms. The van der Waals surface area contributed by atoms with Crippen LogP contribution in [-0.2, 0) is 14.4 Å². The van der Waals surface area contributed by atoms with Gasteiger partial charge in [0.1, 0.15) is 0 Å². The third-order valence-electron chi connectivity index (χ3n) is 3.83. The third kappa shape index (κ3) is 5.59. The fourth-order valence-corrected chi connectivity index (χ4v) is 2.44. The van der Waals surface area contributed by atoms with Gasteiger partial charge in [0, 0.05) is 25.9 Å². The Morgan fingerprint density at radius 1 is 1.40 bits per heavy atom. The highest BCUT2D eigenvalue weighted by molar-refractivity contribution is 5.89. The second kappa shape index (κ2) is 7.87. The monoisotopic (exact) mass is 284 g/mol. The second-order valence-electron chi connectivity index (χ2n) is 5.72. The van der Waals surface area contributed by atoms with Gasteiger partial charge in [0.05, 0.1) is 5.92 Å². The minimum atomic E-state index is -0.782. The van der Waals surface area contributed by atoms with Crippen LogP contribution in [0, 0.1) is 17.8 Å². The first kappa shape index (κ1) is 16.5. The van der Waals surface area contributed by atoms with Crippen molar-refractivity contribution in [2.75, 3.05) is 13.1 Å². The average Bonchev–Trinajstić information content (AvgIpc) is 2.79. The molecule has 1 heterocycles. The normalized spacial score (nSPS) is 19.8. The zero-order valence-corrected chi connectivity index (χ0v) is 12.1. The molecule has 1 aliphatic rings. The van der Waals surface area contributed by atoms with Crippen molar-refractivity contribution in [2.45, 2.75) is 39.5 Å². The molecule has 6 nitrogen and oxygen atoms in total. The summed E-state index contributed by atoms with van der Waals surface area (Å²) < 4.78 is 0. The number of carbonyl (C=O) groups excluding carboxylic acids is 2. The van der Waals surface area contributed by atoms with E-state index in [2.05, 4.69) is 24.5 Å². The van der Waals surface area contributed by atoms with Crippen LogP contribution in [0.5, 0.6) is 0 Å². The van der Waals surface area contributed by atoms with E-state index in [1.165, 1.54) is 0 Å². The Balaban J connectivity index is 2.27. The predicted octanol–water partition coefficient (Wildman–Crippen LogP) is 0.766. The predicted molar refractivity (Wildman–Crippen MR) is 73.9 cm³/mol. The molecule has 20 heavy (non-hydrogen) atoms. The molecule has 0 aromatic carbocycles. The van der Waals surface area contributed by atoms with E-state index in [1.54, 1.807) is 0 Å². The van der Waals surface area contributed by atoms with E-state index >= 15 is 0 Å². The van der Waals surface area contributed by atoms with Crippen molar-refractivity contribution in [2.24, 2.45) is 17.8 Å². The van der Waals surface area contributed by atoms with Crippen LogP contribution in [-0.4, -0.2) is 36.0 Å². The molecular weight excluding hydrogens is 260 g/mol. The molecule has 2 atom stereocenters. The van der Waals surface area contributed by atoms with Crippen molar-refractivity contribution in [3.8, 4) is 0 Å². The van der Waals surface area contributed by atoms with E-state index in [4.69, 9.17) is 5.11 Å². The van der Waals surface area contributed by atoms with Gasteiger partial charge >= 0.3 is 5.97 Å². The van der Waals surface area contributed by atoms with Crippen LogP contribution in [0.25, 0.3) is 0 Å². The largest absolute Gasteiger partial charge is 0.481 e. The molecule has 0 radical (unpaired) electrons. The van der Waals surface area contributed by atoms with E-state index in [0.29, 0.717) is 25.4 Å². The number of rotatable bonds is 8. The highest BCUT2D eigenvalue weighted by Crippen LogP contribution is 2.20. The summed E-state index contributed by atoms with van der Waals surface area (Å²) in [5, 5.41) is 14.2. The van der Waals surface area contributed by atoms with Crippen LogP contribution in [0.4, 0.5) is 0 Å². The van der Waals surface area contributed by atoms with E-state index in [0.717, 1.165) is 6.42 Å². The number of aliphatic carboxylic acids is 1. The zero-order valence-electron chi connectivity index (χ0n) is 12.1. The Labute approximate surface area is 119 Å². The summed E-state index contributed by atoms with van der Waals surface area (Å²) in [4.78, 5) is 33.4. The van der Waals surface area contributed by atoms with Crippen LogP contribution in [0.15, 0.2) is 0 Å². The number of amides is 2. The Kier molecular flexibility index (Phi) is 6.48. The maximum atomic E-state index is 11.8. The Morgan fingerprint density at radius 2 is 2.10 bits per heavy atom. The lowest BCUT2D eigenvalue weighted by Gasteiger charge is -2.20. The Morgan fingerprint density at radius 3 is 2.60 bits per heavy atom. The average molecular weight is 284 g/mol. The van der Waals surface area contributed by atoms with Crippen LogP contribution in [0.2, 0.25) is 0 Å². The molecular formula is C14H24N2O4. The van der Waals surface area contributed by atoms with Gasteiger partial charge < -0.3 is 15.7 Å². The highest BCUT2D eigenvalue weighted by Gasteiger charge is 2.27. The molecule has 1 aliphatic heterocycles. The molecule has 1 fully saturated rings. The first-order chi connectivity index (χ1) is 9.40. The Bertz CT molecular complexity index is 368. The van der Waals surface area contributed by atoms with Crippen LogP contribution in [0.3, 0.4) is 0 Å². The van der Waals surface area contributed by atoms with E-state index in [1.807, 2.05) is 0 Å². The van der Waals surface area contributed by atoms with Crippen molar-refractivity contribution < 1.29 is 19.5 Å². The summed E-state index contributed by atoms with van der Waals surface area (Å²) in [6, 6.07) is 0. The van der Waals surface area contributed by atoms with E-state index in [9.17, 15) is 14.4 Å². The highest BCUT2D eigenvalue weighted by atomic mass is 16.4. The van der Waals surface area contributed by atoms with Crippen molar-refractivity contribution in [3.05, 3.63) is 0 Å². The van der Waals surface area contributed by atoms with Gasteiger partial charge in [-0.05, 0) is 24.7 Å². The van der Waals surface area contributed by atoms with Gasteiger partial charge in [-0.1, -0.05) is 13.8 Å².